The number of ether oxygens (including phenoxy) is 3. The summed E-state index contributed by atoms with van der Waals surface area (Å²) < 4.78 is 31.3. The van der Waals surface area contributed by atoms with E-state index in [-0.39, 0.29) is 40.6 Å². The molecular weight excluding hydrogens is 431 g/mol. The van der Waals surface area contributed by atoms with E-state index in [1.54, 1.807) is 6.07 Å². The van der Waals surface area contributed by atoms with Crippen molar-refractivity contribution in [1.29, 1.82) is 0 Å². The fourth-order valence-corrected chi connectivity index (χ4v) is 5.02. The Labute approximate surface area is 179 Å². The van der Waals surface area contributed by atoms with Gasteiger partial charge in [0.2, 0.25) is 5.75 Å². The van der Waals surface area contributed by atoms with Crippen LogP contribution in [0, 0.1) is 5.82 Å². The number of fused-ring (bicyclic) bond motifs is 1. The normalized spacial score (nSPS) is 15.9. The Balaban J connectivity index is 1.67. The number of methoxy groups -OCH3 is 2. The number of aliphatic imine (C=N–C) groups is 1. The Kier molecular flexibility index (Phi) is 5.52. The van der Waals surface area contributed by atoms with Crippen LogP contribution in [0.3, 0.4) is 0 Å². The quantitative estimate of drug-likeness (QED) is 0.598. The van der Waals surface area contributed by atoms with Gasteiger partial charge in [-0.15, -0.1) is 23.1 Å². The average molecular weight is 448 g/mol. The van der Waals surface area contributed by atoms with Crippen LogP contribution in [0.4, 0.5) is 4.39 Å². The third-order valence-corrected chi connectivity index (χ3v) is 6.64. The molecule has 0 fully saturated rings. The van der Waals surface area contributed by atoms with Crippen LogP contribution in [0.2, 0.25) is 0 Å². The minimum Gasteiger partial charge on any atom is -0.502 e. The highest BCUT2D eigenvalue weighted by atomic mass is 32.2. The van der Waals surface area contributed by atoms with E-state index in [9.17, 15) is 14.3 Å². The van der Waals surface area contributed by atoms with E-state index >= 15 is 0 Å². The number of phenolic OH excluding ortho intramolecular Hbond substituents is 1. The Morgan fingerprint density at radius 3 is 2.47 bits per heavy atom. The first-order chi connectivity index (χ1) is 14.4. The molecule has 7 nitrogen and oxygen atoms in total. The van der Waals surface area contributed by atoms with Gasteiger partial charge >= 0.3 is 0 Å². The van der Waals surface area contributed by atoms with Crippen LogP contribution < -0.4 is 14.2 Å². The molecule has 1 atom stereocenters. The number of aromatic nitrogens is 1. The second-order valence-corrected chi connectivity index (χ2v) is 8.46. The highest BCUT2D eigenvalue weighted by molar-refractivity contribution is 8.15. The number of rotatable bonds is 6. The van der Waals surface area contributed by atoms with E-state index in [1.165, 1.54) is 62.4 Å². The maximum atomic E-state index is 14.7. The zero-order valence-corrected chi connectivity index (χ0v) is 17.9. The Bertz CT molecular complexity index is 1150. The molecular formula is C20H17FN2O5S2. The smallest absolute Gasteiger partial charge is 0.201 e. The van der Waals surface area contributed by atoms with Crippen molar-refractivity contribution in [3.05, 3.63) is 35.1 Å². The number of hydrogen-bond donors (Lipinski definition) is 1. The summed E-state index contributed by atoms with van der Waals surface area (Å²) in [6, 6.07) is 5.37. The van der Waals surface area contributed by atoms with E-state index in [0.29, 0.717) is 26.0 Å². The summed E-state index contributed by atoms with van der Waals surface area (Å²) >= 11 is 2.82. The number of carbonyl (C=O) groups is 1. The Morgan fingerprint density at radius 2 is 1.87 bits per heavy atom. The molecule has 2 heterocycles. The molecule has 0 radical (unpaired) electrons. The molecule has 156 valence electrons. The fourth-order valence-electron chi connectivity index (χ4n) is 2.85. The van der Waals surface area contributed by atoms with Crippen molar-refractivity contribution >= 4 is 44.1 Å². The highest BCUT2D eigenvalue weighted by Gasteiger charge is 2.25. The summed E-state index contributed by atoms with van der Waals surface area (Å²) in [5, 5.41) is 11.3. The molecule has 1 unspecified atom stereocenters. The van der Waals surface area contributed by atoms with Crippen molar-refractivity contribution in [3.63, 3.8) is 0 Å². The number of halogens is 1. The summed E-state index contributed by atoms with van der Waals surface area (Å²) in [6.07, 6.45) is 0. The molecule has 1 aliphatic heterocycles. The first-order valence-corrected chi connectivity index (χ1v) is 10.6. The van der Waals surface area contributed by atoms with Crippen LogP contribution in [0.5, 0.6) is 28.7 Å². The van der Waals surface area contributed by atoms with Crippen molar-refractivity contribution in [2.45, 2.75) is 13.0 Å². The lowest BCUT2D eigenvalue weighted by molar-refractivity contribution is -0.117. The molecule has 4 rings (SSSR count). The molecule has 0 bridgehead atoms. The van der Waals surface area contributed by atoms with Crippen LogP contribution in [0.1, 0.15) is 11.9 Å². The predicted molar refractivity (Wildman–Crippen MR) is 114 cm³/mol. The number of benzene rings is 2. The van der Waals surface area contributed by atoms with Gasteiger partial charge in [0.05, 0.1) is 24.4 Å². The molecule has 0 spiro atoms. The molecule has 1 N–H and O–H groups in total. The number of ketones is 1. The van der Waals surface area contributed by atoms with Gasteiger partial charge in [-0.2, -0.15) is 0 Å². The minimum atomic E-state index is -0.590. The molecule has 1 aliphatic rings. The molecule has 0 aliphatic carbocycles. The number of hydrogen-bond acceptors (Lipinski definition) is 9. The van der Waals surface area contributed by atoms with Gasteiger partial charge in [-0.25, -0.2) is 9.37 Å². The third-order valence-electron chi connectivity index (χ3n) is 4.43. The summed E-state index contributed by atoms with van der Waals surface area (Å²) in [5.41, 5.74) is 0.482. The second kappa shape index (κ2) is 8.11. The monoisotopic (exact) mass is 448 g/mol. The lowest BCUT2D eigenvalue weighted by atomic mass is 10.2. The first kappa shape index (κ1) is 20.4. The van der Waals surface area contributed by atoms with Gasteiger partial charge in [0.15, 0.2) is 28.8 Å². The van der Waals surface area contributed by atoms with Gasteiger partial charge in [0.1, 0.15) is 21.8 Å². The van der Waals surface area contributed by atoms with Crippen molar-refractivity contribution < 1.29 is 28.5 Å². The van der Waals surface area contributed by atoms with Crippen LogP contribution in [-0.4, -0.2) is 46.9 Å². The number of carbonyl (C=O) groups excluding carboxylic acids is 1. The standard InChI is InChI=1S/C20H17FN2O5S2/c1-9(24)13-8-29-19(23-13)20-22-12-6-11(21)14(7-17(12)30-20)28-10-4-15(26-2)18(25)16(5-10)27-3/h4-7,13,25H,8H2,1-3H3. The summed E-state index contributed by atoms with van der Waals surface area (Å²) in [5.74, 6) is 0.361. The predicted octanol–water partition coefficient (Wildman–Crippen LogP) is 4.40. The topological polar surface area (TPSA) is 90.2 Å². The molecule has 10 heteroatoms. The third kappa shape index (κ3) is 3.80. The highest BCUT2D eigenvalue weighted by Crippen LogP contribution is 2.42. The van der Waals surface area contributed by atoms with Crippen molar-refractivity contribution in [2.75, 3.05) is 20.0 Å². The van der Waals surface area contributed by atoms with Crippen LogP contribution >= 0.6 is 23.1 Å². The maximum absolute atomic E-state index is 14.7. The van der Waals surface area contributed by atoms with E-state index < -0.39 is 5.82 Å². The van der Waals surface area contributed by atoms with Crippen LogP contribution in [0.25, 0.3) is 10.2 Å². The largest absolute Gasteiger partial charge is 0.502 e. The van der Waals surface area contributed by atoms with Gasteiger partial charge in [0.25, 0.3) is 0 Å². The summed E-state index contributed by atoms with van der Waals surface area (Å²) in [6.45, 7) is 1.52. The number of thiazole rings is 1. The van der Waals surface area contributed by atoms with Gasteiger partial charge < -0.3 is 19.3 Å². The first-order valence-electron chi connectivity index (χ1n) is 8.84. The number of phenols is 1. The van der Waals surface area contributed by atoms with Gasteiger partial charge in [0, 0.05) is 30.0 Å². The molecule has 0 amide bonds. The minimum absolute atomic E-state index is 0.00452. The molecule has 0 saturated heterocycles. The maximum Gasteiger partial charge on any atom is 0.201 e. The van der Waals surface area contributed by atoms with E-state index in [0.717, 1.165) is 0 Å². The van der Waals surface area contributed by atoms with E-state index in [2.05, 4.69) is 9.98 Å². The SMILES string of the molecule is COc1cc(Oc2cc3sc(C4=NC(C(C)=O)CS4)nc3cc2F)cc(OC)c1O. The number of aromatic hydroxyl groups is 1. The molecule has 2 aromatic carbocycles. The molecule has 3 aromatic rings. The summed E-state index contributed by atoms with van der Waals surface area (Å²) in [7, 11) is 2.79. The number of nitrogens with zero attached hydrogens (tertiary/aromatic N) is 2. The lowest BCUT2D eigenvalue weighted by Gasteiger charge is -2.12. The fraction of sp³-hybridized carbons (Fsp3) is 0.250. The Hall–Kier alpha value is -2.85. The zero-order chi connectivity index (χ0) is 21.4. The van der Waals surface area contributed by atoms with Crippen LogP contribution in [-0.2, 0) is 4.79 Å². The molecule has 30 heavy (non-hydrogen) atoms. The van der Waals surface area contributed by atoms with Crippen molar-refractivity contribution in [3.8, 4) is 28.7 Å². The van der Waals surface area contributed by atoms with Crippen LogP contribution in [0.15, 0.2) is 29.3 Å². The van der Waals surface area contributed by atoms with Gasteiger partial charge in [-0.1, -0.05) is 0 Å². The van der Waals surface area contributed by atoms with Crippen molar-refractivity contribution in [1.82, 2.24) is 4.98 Å². The number of Topliss-reactive ketones (excluding diaryl/α,β-unsaturated/α-hetero) is 1. The summed E-state index contributed by atoms with van der Waals surface area (Å²) in [4.78, 5) is 20.4. The lowest BCUT2D eigenvalue weighted by Crippen LogP contribution is -2.14. The van der Waals surface area contributed by atoms with E-state index in [1.807, 2.05) is 0 Å². The average Bonchev–Trinajstić information content (AvgIpc) is 3.36. The molecule has 0 saturated carbocycles. The molecule has 1 aromatic heterocycles. The zero-order valence-electron chi connectivity index (χ0n) is 16.3. The second-order valence-electron chi connectivity index (χ2n) is 6.42. The van der Waals surface area contributed by atoms with Crippen molar-refractivity contribution in [2.24, 2.45) is 4.99 Å². The Morgan fingerprint density at radius 1 is 1.17 bits per heavy atom. The van der Waals surface area contributed by atoms with Gasteiger partial charge in [-0.05, 0) is 6.92 Å². The van der Waals surface area contributed by atoms with Gasteiger partial charge in [-0.3, -0.25) is 9.79 Å². The number of thioether (sulfide) groups is 1. The van der Waals surface area contributed by atoms with E-state index in [4.69, 9.17) is 14.2 Å².